The molecule has 1 amide bonds. The lowest BCUT2D eigenvalue weighted by atomic mass is 10.1. The zero-order valence-corrected chi connectivity index (χ0v) is 9.63. The molecule has 1 aromatic rings. The number of benzene rings is 1. The van der Waals surface area contributed by atoms with Crippen LogP contribution in [0.4, 0.5) is 11.4 Å². The molecule has 1 unspecified atom stereocenters. The minimum absolute atomic E-state index is 0.0399. The number of carbonyl (C=O) groups is 1. The van der Waals surface area contributed by atoms with Crippen LogP contribution < -0.4 is 10.2 Å². The lowest BCUT2D eigenvalue weighted by Crippen LogP contribution is -2.44. The molecule has 0 radical (unpaired) electrons. The second kappa shape index (κ2) is 3.28. The average molecular weight is 255 g/mol. The monoisotopic (exact) mass is 254 g/mol. The third kappa shape index (κ3) is 1.30. The summed E-state index contributed by atoms with van der Waals surface area (Å²) in [5.41, 5.74) is 1.91. The Bertz CT molecular complexity index is 392. The minimum atomic E-state index is -0.124. The molecule has 0 aliphatic carbocycles. The molecule has 0 aromatic heterocycles. The molecule has 4 heteroatoms. The maximum absolute atomic E-state index is 11.5. The Kier molecular flexibility index (Phi) is 2.23. The number of rotatable bonds is 0. The molecule has 1 atom stereocenters. The van der Waals surface area contributed by atoms with Crippen LogP contribution in [-0.4, -0.2) is 19.0 Å². The van der Waals surface area contributed by atoms with Gasteiger partial charge in [0.15, 0.2) is 0 Å². The maximum atomic E-state index is 11.5. The largest absolute Gasteiger partial charge is 0.360 e. The Balaban J connectivity index is 2.56. The van der Waals surface area contributed by atoms with Crippen molar-refractivity contribution < 1.29 is 4.79 Å². The van der Waals surface area contributed by atoms with E-state index < -0.39 is 0 Å². The molecule has 0 spiro atoms. The van der Waals surface area contributed by atoms with Gasteiger partial charge in [-0.25, -0.2) is 0 Å². The van der Waals surface area contributed by atoms with E-state index in [0.717, 1.165) is 15.8 Å². The molecule has 1 aliphatic rings. The molecule has 0 fully saturated rings. The summed E-state index contributed by atoms with van der Waals surface area (Å²) >= 11 is 3.48. The molecule has 0 saturated carbocycles. The van der Waals surface area contributed by atoms with Gasteiger partial charge in [-0.3, -0.25) is 4.79 Å². The van der Waals surface area contributed by atoms with Gasteiger partial charge in [0.25, 0.3) is 0 Å². The van der Waals surface area contributed by atoms with Crippen molar-refractivity contribution in [2.75, 3.05) is 17.3 Å². The molecule has 14 heavy (non-hydrogen) atoms. The fraction of sp³-hybridized carbons (Fsp3) is 0.300. The third-order valence-corrected chi connectivity index (χ3v) is 3.20. The van der Waals surface area contributed by atoms with Crippen LogP contribution in [0.5, 0.6) is 0 Å². The number of carbonyl (C=O) groups excluding carboxylic acids is 1. The molecule has 1 heterocycles. The van der Waals surface area contributed by atoms with Gasteiger partial charge >= 0.3 is 0 Å². The maximum Gasteiger partial charge on any atom is 0.246 e. The first-order valence-electron chi connectivity index (χ1n) is 4.43. The van der Waals surface area contributed by atoms with Crippen molar-refractivity contribution in [2.45, 2.75) is 13.0 Å². The number of amides is 1. The fourth-order valence-corrected chi connectivity index (χ4v) is 2.23. The highest BCUT2D eigenvalue weighted by atomic mass is 79.9. The predicted octanol–water partition coefficient (Wildman–Crippen LogP) is 2.23. The number of para-hydroxylation sites is 1. The molecule has 2 rings (SSSR count). The highest BCUT2D eigenvalue weighted by Crippen LogP contribution is 2.37. The van der Waals surface area contributed by atoms with Gasteiger partial charge in [0.2, 0.25) is 5.91 Å². The molecular formula is C10H11BrN2O. The Labute approximate surface area is 91.2 Å². The van der Waals surface area contributed by atoms with Crippen molar-refractivity contribution in [1.29, 1.82) is 0 Å². The van der Waals surface area contributed by atoms with Gasteiger partial charge in [0.1, 0.15) is 6.04 Å². The molecule has 1 aliphatic heterocycles. The van der Waals surface area contributed by atoms with Crippen molar-refractivity contribution in [1.82, 2.24) is 0 Å². The van der Waals surface area contributed by atoms with Crippen LogP contribution in [0, 0.1) is 0 Å². The summed E-state index contributed by atoms with van der Waals surface area (Å²) in [4.78, 5) is 13.5. The summed E-state index contributed by atoms with van der Waals surface area (Å²) in [6.45, 7) is 1.89. The quantitative estimate of drug-likeness (QED) is 0.770. The van der Waals surface area contributed by atoms with Crippen LogP contribution >= 0.6 is 15.9 Å². The van der Waals surface area contributed by atoms with E-state index in [-0.39, 0.29) is 11.9 Å². The van der Waals surface area contributed by atoms with Crippen LogP contribution in [-0.2, 0) is 4.79 Å². The molecule has 74 valence electrons. The summed E-state index contributed by atoms with van der Waals surface area (Å²) < 4.78 is 1.00. The smallest absolute Gasteiger partial charge is 0.246 e. The summed E-state index contributed by atoms with van der Waals surface area (Å²) in [5.74, 6) is 0.0399. The summed E-state index contributed by atoms with van der Waals surface area (Å²) in [7, 11) is 1.92. The molecule has 3 nitrogen and oxygen atoms in total. The van der Waals surface area contributed by atoms with Crippen molar-refractivity contribution >= 4 is 33.2 Å². The standard InChI is InChI=1S/C10H11BrN2O/c1-6-10(14)12-8-5-3-4-7(11)9(8)13(6)2/h3-6H,1-2H3,(H,12,14). The Hall–Kier alpha value is -1.03. The van der Waals surface area contributed by atoms with Crippen LogP contribution in [0.3, 0.4) is 0 Å². The van der Waals surface area contributed by atoms with Crippen LogP contribution in [0.2, 0.25) is 0 Å². The van der Waals surface area contributed by atoms with E-state index in [1.807, 2.05) is 37.1 Å². The Morgan fingerprint density at radius 3 is 2.93 bits per heavy atom. The zero-order valence-electron chi connectivity index (χ0n) is 8.04. The number of halogens is 1. The lowest BCUT2D eigenvalue weighted by Gasteiger charge is -2.33. The van der Waals surface area contributed by atoms with E-state index in [1.165, 1.54) is 0 Å². The van der Waals surface area contributed by atoms with Gasteiger partial charge in [-0.1, -0.05) is 6.07 Å². The normalized spacial score (nSPS) is 20.4. The predicted molar refractivity (Wildman–Crippen MR) is 60.6 cm³/mol. The highest BCUT2D eigenvalue weighted by molar-refractivity contribution is 9.10. The van der Waals surface area contributed by atoms with E-state index >= 15 is 0 Å². The molecule has 0 bridgehead atoms. The van der Waals surface area contributed by atoms with E-state index in [0.29, 0.717) is 0 Å². The summed E-state index contributed by atoms with van der Waals surface area (Å²) in [6.07, 6.45) is 0. The van der Waals surface area contributed by atoms with E-state index in [4.69, 9.17) is 0 Å². The lowest BCUT2D eigenvalue weighted by molar-refractivity contribution is -0.117. The van der Waals surface area contributed by atoms with E-state index in [2.05, 4.69) is 21.2 Å². The third-order valence-electron chi connectivity index (χ3n) is 2.56. The molecule has 1 aromatic carbocycles. The summed E-state index contributed by atoms with van der Waals surface area (Å²) in [6, 6.07) is 5.66. The molecule has 0 saturated heterocycles. The van der Waals surface area contributed by atoms with Crippen molar-refractivity contribution in [3.05, 3.63) is 22.7 Å². The van der Waals surface area contributed by atoms with Gasteiger partial charge in [-0.05, 0) is 35.0 Å². The van der Waals surface area contributed by atoms with Crippen molar-refractivity contribution in [3.8, 4) is 0 Å². The molecular weight excluding hydrogens is 244 g/mol. The first-order valence-corrected chi connectivity index (χ1v) is 5.23. The van der Waals surface area contributed by atoms with Crippen LogP contribution in [0.1, 0.15) is 6.92 Å². The minimum Gasteiger partial charge on any atom is -0.360 e. The first kappa shape index (κ1) is 9.52. The highest BCUT2D eigenvalue weighted by Gasteiger charge is 2.27. The number of anilines is 2. The number of hydrogen-bond donors (Lipinski definition) is 1. The topological polar surface area (TPSA) is 32.3 Å². The van der Waals surface area contributed by atoms with E-state index in [9.17, 15) is 4.79 Å². The second-order valence-corrected chi connectivity index (χ2v) is 4.27. The Morgan fingerprint density at radius 2 is 2.21 bits per heavy atom. The first-order chi connectivity index (χ1) is 6.61. The van der Waals surface area contributed by atoms with Crippen molar-refractivity contribution in [2.24, 2.45) is 0 Å². The average Bonchev–Trinajstić information content (AvgIpc) is 2.14. The number of hydrogen-bond acceptors (Lipinski definition) is 2. The number of nitrogens with zero attached hydrogens (tertiary/aromatic N) is 1. The fourth-order valence-electron chi connectivity index (χ4n) is 1.58. The van der Waals surface area contributed by atoms with Gasteiger partial charge in [-0.15, -0.1) is 0 Å². The van der Waals surface area contributed by atoms with E-state index in [1.54, 1.807) is 0 Å². The van der Waals surface area contributed by atoms with Gasteiger partial charge in [0, 0.05) is 11.5 Å². The van der Waals surface area contributed by atoms with Crippen LogP contribution in [0.15, 0.2) is 22.7 Å². The second-order valence-electron chi connectivity index (χ2n) is 3.41. The zero-order chi connectivity index (χ0) is 10.3. The Morgan fingerprint density at radius 1 is 1.50 bits per heavy atom. The number of fused-ring (bicyclic) bond motifs is 1. The number of likely N-dealkylation sites (N-methyl/N-ethyl adjacent to an activating group) is 1. The number of nitrogens with one attached hydrogen (secondary N) is 1. The van der Waals surface area contributed by atoms with Gasteiger partial charge in [0.05, 0.1) is 11.4 Å². The SMILES string of the molecule is CC1C(=O)Nc2cccc(Br)c2N1C. The molecule has 1 N–H and O–H groups in total. The summed E-state index contributed by atoms with van der Waals surface area (Å²) in [5, 5.41) is 2.87. The van der Waals surface area contributed by atoms with Crippen molar-refractivity contribution in [3.63, 3.8) is 0 Å². The van der Waals surface area contributed by atoms with Gasteiger partial charge < -0.3 is 10.2 Å². The van der Waals surface area contributed by atoms with Gasteiger partial charge in [-0.2, -0.15) is 0 Å². The van der Waals surface area contributed by atoms with Crippen LogP contribution in [0.25, 0.3) is 0 Å².